The summed E-state index contributed by atoms with van der Waals surface area (Å²) in [6, 6.07) is 15.0. The molecule has 0 radical (unpaired) electrons. The molecule has 1 aliphatic heterocycles. The van der Waals surface area contributed by atoms with Gasteiger partial charge < -0.3 is 10.2 Å². The van der Waals surface area contributed by atoms with E-state index in [1.165, 1.54) is 29.2 Å². The van der Waals surface area contributed by atoms with Crippen molar-refractivity contribution in [3.63, 3.8) is 0 Å². The molecule has 3 heteroatoms. The second-order valence-corrected chi connectivity index (χ2v) is 6.47. The molecule has 1 saturated heterocycles. The fourth-order valence-corrected chi connectivity index (χ4v) is 3.41. The van der Waals surface area contributed by atoms with Crippen molar-refractivity contribution in [1.82, 2.24) is 10.2 Å². The molecule has 1 atom stereocenters. The van der Waals surface area contributed by atoms with E-state index in [2.05, 4.69) is 54.7 Å². The molecule has 0 bridgehead atoms. The SMILES string of the molecule is CC(NCC(=O)N1CCCCCC1)c1cccc2ccccc12. The lowest BCUT2D eigenvalue weighted by molar-refractivity contribution is -0.130. The number of carbonyl (C=O) groups is 1. The molecule has 3 rings (SSSR count). The minimum absolute atomic E-state index is 0.164. The highest BCUT2D eigenvalue weighted by molar-refractivity contribution is 5.86. The molecule has 1 amide bonds. The highest BCUT2D eigenvalue weighted by Gasteiger charge is 2.16. The molecular weight excluding hydrogens is 284 g/mol. The van der Waals surface area contributed by atoms with Crippen LogP contribution in [0.2, 0.25) is 0 Å². The third-order valence-electron chi connectivity index (χ3n) is 4.81. The molecule has 0 spiro atoms. The van der Waals surface area contributed by atoms with E-state index in [4.69, 9.17) is 0 Å². The Labute approximate surface area is 138 Å². The van der Waals surface area contributed by atoms with Crippen LogP contribution in [0.5, 0.6) is 0 Å². The van der Waals surface area contributed by atoms with E-state index >= 15 is 0 Å². The zero-order valence-electron chi connectivity index (χ0n) is 13.9. The third-order valence-corrected chi connectivity index (χ3v) is 4.81. The van der Waals surface area contributed by atoms with Gasteiger partial charge in [-0.25, -0.2) is 0 Å². The van der Waals surface area contributed by atoms with Gasteiger partial charge in [-0.1, -0.05) is 55.3 Å². The minimum atomic E-state index is 0.164. The first-order valence-corrected chi connectivity index (χ1v) is 8.74. The predicted octanol–water partition coefficient (Wildman–Crippen LogP) is 3.89. The van der Waals surface area contributed by atoms with Crippen molar-refractivity contribution in [2.24, 2.45) is 0 Å². The van der Waals surface area contributed by atoms with E-state index in [-0.39, 0.29) is 11.9 Å². The maximum absolute atomic E-state index is 12.4. The number of nitrogens with zero attached hydrogens (tertiary/aromatic N) is 1. The number of nitrogens with one attached hydrogen (secondary N) is 1. The van der Waals surface area contributed by atoms with Gasteiger partial charge in [0.2, 0.25) is 5.91 Å². The van der Waals surface area contributed by atoms with Crippen molar-refractivity contribution >= 4 is 16.7 Å². The monoisotopic (exact) mass is 310 g/mol. The van der Waals surface area contributed by atoms with Gasteiger partial charge in [0.05, 0.1) is 6.54 Å². The second kappa shape index (κ2) is 7.60. The summed E-state index contributed by atoms with van der Waals surface area (Å²) < 4.78 is 0. The number of rotatable bonds is 4. The molecule has 1 aliphatic rings. The van der Waals surface area contributed by atoms with Gasteiger partial charge in [0, 0.05) is 19.1 Å². The number of amides is 1. The zero-order valence-corrected chi connectivity index (χ0v) is 13.9. The van der Waals surface area contributed by atoms with Crippen LogP contribution in [0.3, 0.4) is 0 Å². The van der Waals surface area contributed by atoms with Crippen LogP contribution >= 0.6 is 0 Å². The largest absolute Gasteiger partial charge is 0.342 e. The zero-order chi connectivity index (χ0) is 16.1. The molecule has 0 aromatic heterocycles. The Kier molecular flexibility index (Phi) is 5.29. The molecule has 122 valence electrons. The second-order valence-electron chi connectivity index (χ2n) is 6.47. The van der Waals surface area contributed by atoms with Crippen molar-refractivity contribution in [3.05, 3.63) is 48.0 Å². The van der Waals surface area contributed by atoms with E-state index in [1.807, 2.05) is 4.90 Å². The molecule has 2 aromatic carbocycles. The fraction of sp³-hybridized carbons (Fsp3) is 0.450. The normalized spacial score (nSPS) is 17.0. The van der Waals surface area contributed by atoms with Crippen LogP contribution < -0.4 is 5.32 Å². The fourth-order valence-electron chi connectivity index (χ4n) is 3.41. The predicted molar refractivity (Wildman–Crippen MR) is 95.4 cm³/mol. The van der Waals surface area contributed by atoms with E-state index in [1.54, 1.807) is 0 Å². The van der Waals surface area contributed by atoms with Crippen molar-refractivity contribution in [2.45, 2.75) is 38.6 Å². The third kappa shape index (κ3) is 3.91. The lowest BCUT2D eigenvalue weighted by atomic mass is 10.00. The van der Waals surface area contributed by atoms with Gasteiger partial charge in [-0.15, -0.1) is 0 Å². The Morgan fingerprint density at radius 1 is 1.04 bits per heavy atom. The number of hydrogen-bond donors (Lipinski definition) is 1. The standard InChI is InChI=1S/C20H26N2O/c1-16(18-12-8-10-17-9-4-5-11-19(17)18)21-15-20(23)22-13-6-2-3-7-14-22/h4-5,8-12,16,21H,2-3,6-7,13-15H2,1H3. The molecular formula is C20H26N2O. The summed E-state index contributed by atoms with van der Waals surface area (Å²) in [4.78, 5) is 14.4. The first-order chi connectivity index (χ1) is 11.3. The summed E-state index contributed by atoms with van der Waals surface area (Å²) in [6.07, 6.45) is 4.79. The molecule has 0 saturated carbocycles. The van der Waals surface area contributed by atoms with Crippen molar-refractivity contribution < 1.29 is 4.79 Å². The van der Waals surface area contributed by atoms with Crippen LogP contribution in [-0.4, -0.2) is 30.4 Å². The first kappa shape index (κ1) is 16.0. The number of hydrogen-bond acceptors (Lipinski definition) is 2. The maximum atomic E-state index is 12.4. The average molecular weight is 310 g/mol. The minimum Gasteiger partial charge on any atom is -0.342 e. The van der Waals surface area contributed by atoms with Crippen molar-refractivity contribution in [1.29, 1.82) is 0 Å². The van der Waals surface area contributed by atoms with E-state index in [9.17, 15) is 4.79 Å². The topological polar surface area (TPSA) is 32.3 Å². The van der Waals surface area contributed by atoms with Crippen molar-refractivity contribution in [2.75, 3.05) is 19.6 Å². The first-order valence-electron chi connectivity index (χ1n) is 8.74. The van der Waals surface area contributed by atoms with Gasteiger partial charge in [-0.05, 0) is 36.1 Å². The summed E-state index contributed by atoms with van der Waals surface area (Å²) in [5, 5.41) is 5.93. The number of fused-ring (bicyclic) bond motifs is 1. The number of carbonyl (C=O) groups excluding carboxylic acids is 1. The summed E-state index contributed by atoms with van der Waals surface area (Å²) >= 11 is 0. The van der Waals surface area contributed by atoms with Gasteiger partial charge in [-0.2, -0.15) is 0 Å². The van der Waals surface area contributed by atoms with Gasteiger partial charge in [0.25, 0.3) is 0 Å². The lowest BCUT2D eigenvalue weighted by Crippen LogP contribution is -2.39. The molecule has 2 aromatic rings. The van der Waals surface area contributed by atoms with Crippen LogP contribution in [-0.2, 0) is 4.79 Å². The molecule has 3 nitrogen and oxygen atoms in total. The van der Waals surface area contributed by atoms with Crippen LogP contribution in [0, 0.1) is 0 Å². The lowest BCUT2D eigenvalue weighted by Gasteiger charge is -2.22. The van der Waals surface area contributed by atoms with Crippen molar-refractivity contribution in [3.8, 4) is 0 Å². The highest BCUT2D eigenvalue weighted by Crippen LogP contribution is 2.23. The Hall–Kier alpha value is -1.87. The smallest absolute Gasteiger partial charge is 0.236 e. The number of likely N-dealkylation sites (tertiary alicyclic amines) is 1. The molecule has 1 N–H and O–H groups in total. The summed E-state index contributed by atoms with van der Waals surface area (Å²) in [6.45, 7) is 4.40. The van der Waals surface area contributed by atoms with Gasteiger partial charge in [0.1, 0.15) is 0 Å². The Morgan fingerprint density at radius 3 is 2.52 bits per heavy atom. The van der Waals surface area contributed by atoms with Gasteiger partial charge in [0.15, 0.2) is 0 Å². The maximum Gasteiger partial charge on any atom is 0.236 e. The quantitative estimate of drug-likeness (QED) is 0.929. The van der Waals surface area contributed by atoms with E-state index in [0.29, 0.717) is 6.54 Å². The Morgan fingerprint density at radius 2 is 1.74 bits per heavy atom. The van der Waals surface area contributed by atoms with Crippen LogP contribution in [0.25, 0.3) is 10.8 Å². The van der Waals surface area contributed by atoms with E-state index < -0.39 is 0 Å². The molecule has 1 fully saturated rings. The highest BCUT2D eigenvalue weighted by atomic mass is 16.2. The van der Waals surface area contributed by atoms with Gasteiger partial charge >= 0.3 is 0 Å². The Balaban J connectivity index is 1.64. The molecule has 23 heavy (non-hydrogen) atoms. The summed E-state index contributed by atoms with van der Waals surface area (Å²) in [7, 11) is 0. The molecule has 1 unspecified atom stereocenters. The van der Waals surface area contributed by atoms with E-state index in [0.717, 1.165) is 25.9 Å². The van der Waals surface area contributed by atoms with Crippen LogP contribution in [0.4, 0.5) is 0 Å². The molecule has 0 aliphatic carbocycles. The summed E-state index contributed by atoms with van der Waals surface area (Å²) in [5.74, 6) is 0.235. The Bertz CT molecular complexity index is 654. The molecule has 1 heterocycles. The summed E-state index contributed by atoms with van der Waals surface area (Å²) in [5.41, 5.74) is 1.26. The number of benzene rings is 2. The van der Waals surface area contributed by atoms with Crippen LogP contribution in [0.15, 0.2) is 42.5 Å². The average Bonchev–Trinajstić information content (AvgIpc) is 2.88. The van der Waals surface area contributed by atoms with Crippen LogP contribution in [0.1, 0.15) is 44.2 Å². The van der Waals surface area contributed by atoms with Gasteiger partial charge in [-0.3, -0.25) is 4.79 Å².